The molecule has 2 rings (SSSR count). The van der Waals surface area contributed by atoms with E-state index >= 15 is 0 Å². The molecule has 0 aliphatic heterocycles. The van der Waals surface area contributed by atoms with Crippen molar-refractivity contribution in [3.63, 3.8) is 0 Å². The van der Waals surface area contributed by atoms with Crippen molar-refractivity contribution in [2.24, 2.45) is 0 Å². The van der Waals surface area contributed by atoms with Crippen LogP contribution in [0, 0.1) is 13.8 Å². The number of furan rings is 1. The maximum absolute atomic E-state index is 5.40. The predicted octanol–water partition coefficient (Wildman–Crippen LogP) is 3.39. The van der Waals surface area contributed by atoms with Crippen LogP contribution in [0.5, 0.6) is 0 Å². The van der Waals surface area contributed by atoms with Gasteiger partial charge in [-0.15, -0.1) is 0 Å². The molecular formula is C16H25N3O. The molecule has 2 atom stereocenters. The second-order valence-corrected chi connectivity index (χ2v) is 5.47. The highest BCUT2D eigenvalue weighted by molar-refractivity contribution is 5.28. The Balaban J connectivity index is 2.04. The van der Waals surface area contributed by atoms with Crippen molar-refractivity contribution in [2.75, 3.05) is 0 Å². The monoisotopic (exact) mass is 275 g/mol. The summed E-state index contributed by atoms with van der Waals surface area (Å²) < 4.78 is 7.47. The minimum atomic E-state index is 0.292. The molecule has 110 valence electrons. The van der Waals surface area contributed by atoms with E-state index < -0.39 is 0 Å². The fourth-order valence-electron chi connectivity index (χ4n) is 2.94. The third-order valence-electron chi connectivity index (χ3n) is 3.79. The zero-order chi connectivity index (χ0) is 14.7. The zero-order valence-electron chi connectivity index (χ0n) is 13.1. The Kier molecular flexibility index (Phi) is 4.65. The van der Waals surface area contributed by atoms with E-state index in [1.54, 1.807) is 6.26 Å². The Morgan fingerprint density at radius 2 is 2.10 bits per heavy atom. The van der Waals surface area contributed by atoms with Gasteiger partial charge in [-0.25, -0.2) is 0 Å². The van der Waals surface area contributed by atoms with Gasteiger partial charge in [0.2, 0.25) is 0 Å². The predicted molar refractivity (Wildman–Crippen MR) is 80.8 cm³/mol. The molecule has 0 aromatic carbocycles. The highest BCUT2D eigenvalue weighted by atomic mass is 16.3. The third kappa shape index (κ3) is 3.12. The fourth-order valence-corrected chi connectivity index (χ4v) is 2.94. The largest absolute Gasteiger partial charge is 0.469 e. The van der Waals surface area contributed by atoms with Crippen molar-refractivity contribution in [1.29, 1.82) is 0 Å². The average molecular weight is 275 g/mol. The van der Waals surface area contributed by atoms with Crippen LogP contribution in [-0.2, 0) is 13.0 Å². The second kappa shape index (κ2) is 6.27. The van der Waals surface area contributed by atoms with E-state index in [4.69, 9.17) is 4.42 Å². The van der Waals surface area contributed by atoms with Gasteiger partial charge in [0.15, 0.2) is 0 Å². The molecule has 0 bridgehead atoms. The van der Waals surface area contributed by atoms with Crippen molar-refractivity contribution in [3.05, 3.63) is 41.1 Å². The van der Waals surface area contributed by atoms with Crippen LogP contribution in [0.2, 0.25) is 0 Å². The van der Waals surface area contributed by atoms with Crippen LogP contribution < -0.4 is 5.32 Å². The van der Waals surface area contributed by atoms with E-state index in [9.17, 15) is 0 Å². The normalized spacial score (nSPS) is 14.4. The van der Waals surface area contributed by atoms with E-state index in [0.717, 1.165) is 24.4 Å². The molecule has 1 N–H and O–H groups in total. The molecule has 0 aliphatic rings. The summed E-state index contributed by atoms with van der Waals surface area (Å²) in [7, 11) is 0. The second-order valence-electron chi connectivity index (χ2n) is 5.47. The summed E-state index contributed by atoms with van der Waals surface area (Å²) in [5, 5.41) is 8.23. The minimum absolute atomic E-state index is 0.292. The Labute approximate surface area is 121 Å². The molecule has 20 heavy (non-hydrogen) atoms. The maximum Gasteiger partial charge on any atom is 0.105 e. The Morgan fingerprint density at radius 1 is 1.35 bits per heavy atom. The lowest BCUT2D eigenvalue weighted by Crippen LogP contribution is -2.31. The van der Waals surface area contributed by atoms with Crippen LogP contribution in [0.1, 0.15) is 49.5 Å². The third-order valence-corrected chi connectivity index (χ3v) is 3.79. The van der Waals surface area contributed by atoms with E-state index in [2.05, 4.69) is 49.7 Å². The van der Waals surface area contributed by atoms with E-state index in [1.165, 1.54) is 11.3 Å². The Morgan fingerprint density at radius 3 is 2.65 bits per heavy atom. The van der Waals surface area contributed by atoms with Crippen LogP contribution in [0.25, 0.3) is 0 Å². The minimum Gasteiger partial charge on any atom is -0.469 e. The molecule has 0 radical (unpaired) electrons. The molecule has 4 nitrogen and oxygen atoms in total. The van der Waals surface area contributed by atoms with Gasteiger partial charge in [-0.2, -0.15) is 5.10 Å². The van der Waals surface area contributed by atoms with E-state index in [0.29, 0.717) is 12.1 Å². The SMILES string of the molecule is CCn1nc(C)c(C(C)NC(C)Cc2ccco2)c1C. The summed E-state index contributed by atoms with van der Waals surface area (Å²) in [6.07, 6.45) is 2.63. The Hall–Kier alpha value is -1.55. The van der Waals surface area contributed by atoms with Gasteiger partial charge < -0.3 is 9.73 Å². The smallest absolute Gasteiger partial charge is 0.105 e. The number of aryl methyl sites for hydroxylation is 2. The molecule has 2 unspecified atom stereocenters. The molecule has 2 aromatic rings. The number of hydrogen-bond acceptors (Lipinski definition) is 3. The van der Waals surface area contributed by atoms with Gasteiger partial charge in [0.25, 0.3) is 0 Å². The average Bonchev–Trinajstić information content (AvgIpc) is 2.97. The highest BCUT2D eigenvalue weighted by Crippen LogP contribution is 2.22. The van der Waals surface area contributed by atoms with Gasteiger partial charge in [0, 0.05) is 36.3 Å². The molecule has 0 spiro atoms. The number of aromatic nitrogens is 2. The van der Waals surface area contributed by atoms with Crippen LogP contribution in [0.15, 0.2) is 22.8 Å². The molecule has 2 aromatic heterocycles. The first-order valence-electron chi connectivity index (χ1n) is 7.35. The van der Waals surface area contributed by atoms with Gasteiger partial charge in [-0.05, 0) is 46.8 Å². The topological polar surface area (TPSA) is 43.0 Å². The fraction of sp³-hybridized carbons (Fsp3) is 0.562. The molecule has 0 saturated heterocycles. The standard InChI is InChI=1S/C16H25N3O/c1-6-19-14(5)16(13(4)18-19)12(3)17-11(2)10-15-8-7-9-20-15/h7-9,11-12,17H,6,10H2,1-5H3. The highest BCUT2D eigenvalue weighted by Gasteiger charge is 2.18. The van der Waals surface area contributed by atoms with Gasteiger partial charge in [-0.3, -0.25) is 4.68 Å². The summed E-state index contributed by atoms with van der Waals surface area (Å²) in [6, 6.07) is 4.61. The van der Waals surface area contributed by atoms with Crippen molar-refractivity contribution >= 4 is 0 Å². The summed E-state index contributed by atoms with van der Waals surface area (Å²) >= 11 is 0. The summed E-state index contributed by atoms with van der Waals surface area (Å²) in [5.41, 5.74) is 3.70. The molecule has 0 fully saturated rings. The van der Waals surface area contributed by atoms with Crippen LogP contribution in [-0.4, -0.2) is 15.8 Å². The number of nitrogens with one attached hydrogen (secondary N) is 1. The summed E-state index contributed by atoms with van der Waals surface area (Å²) in [4.78, 5) is 0. The number of hydrogen-bond donors (Lipinski definition) is 1. The maximum atomic E-state index is 5.40. The first-order chi connectivity index (χ1) is 9.52. The van der Waals surface area contributed by atoms with Gasteiger partial charge in [0.05, 0.1) is 12.0 Å². The Bertz CT molecular complexity index is 542. The molecule has 0 aliphatic carbocycles. The molecule has 0 amide bonds. The van der Waals surface area contributed by atoms with Gasteiger partial charge >= 0.3 is 0 Å². The van der Waals surface area contributed by atoms with Gasteiger partial charge in [-0.1, -0.05) is 0 Å². The number of nitrogens with zero attached hydrogens (tertiary/aromatic N) is 2. The van der Waals surface area contributed by atoms with Crippen LogP contribution in [0.3, 0.4) is 0 Å². The van der Waals surface area contributed by atoms with Crippen molar-refractivity contribution in [3.8, 4) is 0 Å². The zero-order valence-corrected chi connectivity index (χ0v) is 13.1. The van der Waals surface area contributed by atoms with Gasteiger partial charge in [0.1, 0.15) is 5.76 Å². The first kappa shape index (κ1) is 14.9. The molecule has 2 heterocycles. The van der Waals surface area contributed by atoms with E-state index in [1.807, 2.05) is 12.1 Å². The van der Waals surface area contributed by atoms with Crippen molar-refractivity contribution in [2.45, 2.75) is 59.7 Å². The first-order valence-corrected chi connectivity index (χ1v) is 7.35. The molecule has 4 heteroatoms. The van der Waals surface area contributed by atoms with Crippen molar-refractivity contribution in [1.82, 2.24) is 15.1 Å². The lowest BCUT2D eigenvalue weighted by Gasteiger charge is -2.20. The number of rotatable bonds is 6. The quantitative estimate of drug-likeness (QED) is 0.878. The van der Waals surface area contributed by atoms with Crippen molar-refractivity contribution < 1.29 is 4.42 Å². The lowest BCUT2D eigenvalue weighted by molar-refractivity contribution is 0.427. The summed E-state index contributed by atoms with van der Waals surface area (Å²) in [6.45, 7) is 11.7. The van der Waals surface area contributed by atoms with E-state index in [-0.39, 0.29) is 0 Å². The lowest BCUT2D eigenvalue weighted by atomic mass is 10.0. The summed E-state index contributed by atoms with van der Waals surface area (Å²) in [5.74, 6) is 1.02. The van der Waals surface area contributed by atoms with Crippen LogP contribution in [0.4, 0.5) is 0 Å². The molecular weight excluding hydrogens is 250 g/mol. The molecule has 0 saturated carbocycles. The van der Waals surface area contributed by atoms with Crippen LogP contribution >= 0.6 is 0 Å².